The van der Waals surface area contributed by atoms with Crippen LogP contribution < -0.4 is 4.90 Å². The summed E-state index contributed by atoms with van der Waals surface area (Å²) >= 11 is 1.58. The molecular weight excluding hydrogens is 174 g/mol. The van der Waals surface area contributed by atoms with Gasteiger partial charge in [0.05, 0.1) is 6.10 Å². The summed E-state index contributed by atoms with van der Waals surface area (Å²) in [6, 6.07) is 0. The zero-order valence-corrected chi connectivity index (χ0v) is 7.71. The second-order valence-corrected chi connectivity index (χ2v) is 4.15. The predicted octanol–water partition coefficient (Wildman–Crippen LogP) is 0.418. The van der Waals surface area contributed by atoms with E-state index in [0.717, 1.165) is 23.1 Å². The first-order valence-corrected chi connectivity index (χ1v) is 4.80. The van der Waals surface area contributed by atoms with Gasteiger partial charge in [-0.3, -0.25) is 0 Å². The van der Waals surface area contributed by atoms with Gasteiger partial charge in [-0.2, -0.15) is 0 Å². The first-order valence-electron chi connectivity index (χ1n) is 3.99. The fraction of sp³-hybridized carbons (Fsp3) is 0.714. The average Bonchev–Trinajstić information content (AvgIpc) is 2.58. The van der Waals surface area contributed by atoms with Gasteiger partial charge in [-0.15, -0.1) is 10.2 Å². The minimum Gasteiger partial charge on any atom is -0.391 e. The van der Waals surface area contributed by atoms with Crippen molar-refractivity contribution in [3.8, 4) is 0 Å². The van der Waals surface area contributed by atoms with Crippen LogP contribution in [0.1, 0.15) is 11.4 Å². The van der Waals surface area contributed by atoms with Crippen LogP contribution in [0.4, 0.5) is 5.13 Å². The van der Waals surface area contributed by atoms with E-state index in [1.807, 2.05) is 6.92 Å². The zero-order valence-electron chi connectivity index (χ0n) is 6.90. The molecular formula is C7H11N3OS. The van der Waals surface area contributed by atoms with Gasteiger partial charge in [-0.05, 0) is 13.3 Å². The number of rotatable bonds is 1. The molecule has 2 heterocycles. The Labute approximate surface area is 74.9 Å². The normalized spacial score (nSPS) is 23.5. The van der Waals surface area contributed by atoms with E-state index in [1.165, 1.54) is 0 Å². The smallest absolute Gasteiger partial charge is 0.208 e. The number of aliphatic hydroxyl groups is 1. The van der Waals surface area contributed by atoms with Crippen LogP contribution in [0.2, 0.25) is 0 Å². The van der Waals surface area contributed by atoms with Gasteiger partial charge in [0.1, 0.15) is 5.01 Å². The molecule has 12 heavy (non-hydrogen) atoms. The Morgan fingerprint density at radius 2 is 2.42 bits per heavy atom. The van der Waals surface area contributed by atoms with Crippen LogP contribution in [0.3, 0.4) is 0 Å². The number of β-amino-alcohol motifs (C(OH)–C–C–N with tert-alkyl or cyclic N) is 1. The molecule has 1 aliphatic heterocycles. The number of hydrogen-bond donors (Lipinski definition) is 1. The number of nitrogens with zero attached hydrogens (tertiary/aromatic N) is 3. The summed E-state index contributed by atoms with van der Waals surface area (Å²) in [6.07, 6.45) is 0.660. The highest BCUT2D eigenvalue weighted by atomic mass is 32.1. The van der Waals surface area contributed by atoms with Crippen LogP contribution in [0.5, 0.6) is 0 Å². The van der Waals surface area contributed by atoms with Crippen LogP contribution in [0.15, 0.2) is 0 Å². The molecule has 1 N–H and O–H groups in total. The summed E-state index contributed by atoms with van der Waals surface area (Å²) < 4.78 is 0. The standard InChI is InChI=1S/C7H11N3OS/c1-5-8-9-7(12-5)10-3-2-6(11)4-10/h6,11H,2-4H2,1H3. The van der Waals surface area contributed by atoms with E-state index in [2.05, 4.69) is 15.1 Å². The molecule has 1 saturated heterocycles. The molecule has 0 aliphatic carbocycles. The second-order valence-electron chi connectivity index (χ2n) is 2.99. The van der Waals surface area contributed by atoms with Crippen molar-refractivity contribution in [3.63, 3.8) is 0 Å². The first-order chi connectivity index (χ1) is 5.75. The van der Waals surface area contributed by atoms with E-state index in [9.17, 15) is 5.11 Å². The molecule has 0 saturated carbocycles. The lowest BCUT2D eigenvalue weighted by atomic mass is 10.3. The SMILES string of the molecule is Cc1nnc(N2CCC(O)C2)s1. The van der Waals surface area contributed by atoms with E-state index < -0.39 is 0 Å². The third kappa shape index (κ3) is 1.42. The number of hydrogen-bond acceptors (Lipinski definition) is 5. The summed E-state index contributed by atoms with van der Waals surface area (Å²) in [5.74, 6) is 0. The Bertz CT molecular complexity index is 275. The molecule has 2 rings (SSSR count). The third-order valence-corrected chi connectivity index (χ3v) is 2.85. The lowest BCUT2D eigenvalue weighted by molar-refractivity contribution is 0.198. The Balaban J connectivity index is 2.11. The van der Waals surface area contributed by atoms with Gasteiger partial charge in [0.25, 0.3) is 0 Å². The van der Waals surface area contributed by atoms with Crippen LogP contribution >= 0.6 is 11.3 Å². The molecule has 5 heteroatoms. The Hall–Kier alpha value is -0.680. The van der Waals surface area contributed by atoms with Crippen molar-refractivity contribution in [1.82, 2.24) is 10.2 Å². The minimum atomic E-state index is -0.186. The van der Waals surface area contributed by atoms with Crippen LogP contribution in [-0.2, 0) is 0 Å². The van der Waals surface area contributed by atoms with Crippen molar-refractivity contribution in [2.75, 3.05) is 18.0 Å². The fourth-order valence-electron chi connectivity index (χ4n) is 1.33. The molecule has 0 amide bonds. The van der Waals surface area contributed by atoms with Crippen molar-refractivity contribution in [1.29, 1.82) is 0 Å². The molecule has 4 nitrogen and oxygen atoms in total. The highest BCUT2D eigenvalue weighted by molar-refractivity contribution is 7.15. The summed E-state index contributed by atoms with van der Waals surface area (Å²) in [5, 5.41) is 19.1. The third-order valence-electron chi connectivity index (χ3n) is 1.95. The Kier molecular flexibility index (Phi) is 1.98. The fourth-order valence-corrected chi connectivity index (χ4v) is 2.05. The van der Waals surface area contributed by atoms with Crippen molar-refractivity contribution in [3.05, 3.63) is 5.01 Å². The molecule has 0 aromatic carbocycles. The lowest BCUT2D eigenvalue weighted by Gasteiger charge is -2.11. The second kappa shape index (κ2) is 2.99. The van der Waals surface area contributed by atoms with Crippen LogP contribution in [-0.4, -0.2) is 34.5 Å². The highest BCUT2D eigenvalue weighted by Crippen LogP contribution is 2.23. The quantitative estimate of drug-likeness (QED) is 0.688. The molecule has 1 aromatic heterocycles. The molecule has 1 aromatic rings. The van der Waals surface area contributed by atoms with Gasteiger partial charge in [0.2, 0.25) is 5.13 Å². The van der Waals surface area contributed by atoms with Crippen LogP contribution in [0.25, 0.3) is 0 Å². The van der Waals surface area contributed by atoms with Gasteiger partial charge in [0, 0.05) is 13.1 Å². The topological polar surface area (TPSA) is 49.2 Å². The molecule has 1 atom stereocenters. The largest absolute Gasteiger partial charge is 0.391 e. The number of aromatic nitrogens is 2. The first kappa shape index (κ1) is 7.94. The minimum absolute atomic E-state index is 0.186. The highest BCUT2D eigenvalue weighted by Gasteiger charge is 2.22. The lowest BCUT2D eigenvalue weighted by Crippen LogP contribution is -2.20. The molecule has 1 unspecified atom stereocenters. The predicted molar refractivity (Wildman–Crippen MR) is 47.5 cm³/mol. The van der Waals surface area contributed by atoms with Gasteiger partial charge in [-0.25, -0.2) is 0 Å². The van der Waals surface area contributed by atoms with E-state index in [1.54, 1.807) is 11.3 Å². The summed E-state index contributed by atoms with van der Waals surface area (Å²) in [4.78, 5) is 2.08. The number of aryl methyl sites for hydroxylation is 1. The van der Waals surface area contributed by atoms with Crippen LogP contribution in [0, 0.1) is 6.92 Å². The zero-order chi connectivity index (χ0) is 8.55. The average molecular weight is 185 g/mol. The van der Waals surface area contributed by atoms with Gasteiger partial charge >= 0.3 is 0 Å². The maximum Gasteiger partial charge on any atom is 0.208 e. The van der Waals surface area contributed by atoms with Crippen molar-refractivity contribution >= 4 is 16.5 Å². The summed E-state index contributed by atoms with van der Waals surface area (Å²) in [6.45, 7) is 3.54. The monoisotopic (exact) mass is 185 g/mol. The van der Waals surface area contributed by atoms with Gasteiger partial charge < -0.3 is 10.0 Å². The van der Waals surface area contributed by atoms with Crippen molar-refractivity contribution < 1.29 is 5.11 Å². The number of aliphatic hydroxyl groups excluding tert-OH is 1. The van der Waals surface area contributed by atoms with Crippen molar-refractivity contribution in [2.45, 2.75) is 19.4 Å². The van der Waals surface area contributed by atoms with E-state index in [0.29, 0.717) is 6.54 Å². The Morgan fingerprint density at radius 1 is 1.58 bits per heavy atom. The Morgan fingerprint density at radius 3 is 2.92 bits per heavy atom. The maximum atomic E-state index is 9.28. The maximum absolute atomic E-state index is 9.28. The molecule has 0 radical (unpaired) electrons. The van der Waals surface area contributed by atoms with Gasteiger partial charge in [0.15, 0.2) is 0 Å². The molecule has 0 spiro atoms. The molecule has 1 aliphatic rings. The molecule has 1 fully saturated rings. The van der Waals surface area contributed by atoms with E-state index in [4.69, 9.17) is 0 Å². The van der Waals surface area contributed by atoms with Gasteiger partial charge in [-0.1, -0.05) is 11.3 Å². The van der Waals surface area contributed by atoms with E-state index >= 15 is 0 Å². The van der Waals surface area contributed by atoms with Crippen molar-refractivity contribution in [2.24, 2.45) is 0 Å². The molecule has 0 bridgehead atoms. The summed E-state index contributed by atoms with van der Waals surface area (Å²) in [5.41, 5.74) is 0. The number of anilines is 1. The molecule has 66 valence electrons. The summed E-state index contributed by atoms with van der Waals surface area (Å²) in [7, 11) is 0. The van der Waals surface area contributed by atoms with E-state index in [-0.39, 0.29) is 6.10 Å².